The third-order valence-corrected chi connectivity index (χ3v) is 3.63. The molecule has 0 aliphatic heterocycles. The van der Waals surface area contributed by atoms with Crippen LogP contribution in [0.25, 0.3) is 0 Å². The van der Waals surface area contributed by atoms with Crippen LogP contribution in [-0.4, -0.2) is 42.0 Å². The van der Waals surface area contributed by atoms with Crippen molar-refractivity contribution in [1.82, 2.24) is 20.2 Å². The molecule has 0 saturated heterocycles. The Hall–Kier alpha value is -2.09. The summed E-state index contributed by atoms with van der Waals surface area (Å²) < 4.78 is 1.65. The second kappa shape index (κ2) is 5.72. The molecule has 1 heterocycles. The summed E-state index contributed by atoms with van der Waals surface area (Å²) in [4.78, 5) is 12.1. The van der Waals surface area contributed by atoms with Crippen molar-refractivity contribution >= 4 is 17.5 Å². The quantitative estimate of drug-likeness (QED) is 0.504. The summed E-state index contributed by atoms with van der Waals surface area (Å²) >= 11 is 1.23. The molecule has 112 valence electrons. The third kappa shape index (κ3) is 3.52. The highest BCUT2D eigenvalue weighted by Gasteiger charge is 2.21. The van der Waals surface area contributed by atoms with Crippen LogP contribution in [-0.2, 0) is 5.54 Å². The summed E-state index contributed by atoms with van der Waals surface area (Å²) in [7, 11) is 0. The first-order valence-corrected chi connectivity index (χ1v) is 7.24. The minimum atomic E-state index is -0.314. The summed E-state index contributed by atoms with van der Waals surface area (Å²) in [5, 5.41) is 30.6. The molecule has 0 bridgehead atoms. The van der Waals surface area contributed by atoms with E-state index in [1.54, 1.807) is 4.68 Å². The highest BCUT2D eigenvalue weighted by Crippen LogP contribution is 2.26. The second-order valence-electron chi connectivity index (χ2n) is 5.46. The Labute approximate surface area is 126 Å². The lowest BCUT2D eigenvalue weighted by Gasteiger charge is -2.19. The monoisotopic (exact) mass is 308 g/mol. The number of Topliss-reactive ketones (excluding diaryl/α,β-unsaturated/α-hetero) is 1. The number of hydrogen-bond acceptors (Lipinski definition) is 7. The topological polar surface area (TPSA) is 101 Å². The summed E-state index contributed by atoms with van der Waals surface area (Å²) in [6, 6.07) is 3.99. The van der Waals surface area contributed by atoms with Crippen molar-refractivity contribution in [3.05, 3.63) is 23.8 Å². The van der Waals surface area contributed by atoms with Gasteiger partial charge in [0.05, 0.1) is 11.3 Å². The summed E-state index contributed by atoms with van der Waals surface area (Å²) in [5.41, 5.74) is 0.0543. The Morgan fingerprint density at radius 2 is 2.00 bits per heavy atom. The van der Waals surface area contributed by atoms with Gasteiger partial charge in [-0.05, 0) is 49.4 Å². The number of aromatic nitrogens is 4. The van der Waals surface area contributed by atoms with Gasteiger partial charge in [-0.2, -0.15) is 0 Å². The van der Waals surface area contributed by atoms with Crippen LogP contribution in [0.1, 0.15) is 31.1 Å². The van der Waals surface area contributed by atoms with Crippen LogP contribution in [0.3, 0.4) is 0 Å². The number of ketones is 1. The Balaban J connectivity index is 2.08. The fraction of sp³-hybridized carbons (Fsp3) is 0.385. The molecule has 0 atom stereocenters. The minimum Gasteiger partial charge on any atom is -0.504 e. The molecule has 0 amide bonds. The molecule has 2 N–H and O–H groups in total. The van der Waals surface area contributed by atoms with Gasteiger partial charge in [0, 0.05) is 5.56 Å². The Bertz CT molecular complexity index is 664. The number of thioether (sulfide) groups is 1. The van der Waals surface area contributed by atoms with Gasteiger partial charge in [-0.3, -0.25) is 4.79 Å². The first kappa shape index (κ1) is 15.3. The Kier molecular flexibility index (Phi) is 4.17. The number of phenolic OH excluding ortho intramolecular Hbond substituents is 2. The van der Waals surface area contributed by atoms with Crippen molar-refractivity contribution < 1.29 is 15.0 Å². The van der Waals surface area contributed by atoms with E-state index in [1.807, 2.05) is 20.8 Å². The van der Waals surface area contributed by atoms with Gasteiger partial charge in [0.2, 0.25) is 5.16 Å². The predicted molar refractivity (Wildman–Crippen MR) is 77.6 cm³/mol. The zero-order chi connectivity index (χ0) is 15.6. The van der Waals surface area contributed by atoms with Crippen LogP contribution >= 0.6 is 11.8 Å². The highest BCUT2D eigenvalue weighted by atomic mass is 32.2. The number of carbonyl (C=O) groups excluding carboxylic acids is 1. The van der Waals surface area contributed by atoms with Gasteiger partial charge in [0.15, 0.2) is 17.3 Å². The molecule has 0 spiro atoms. The summed E-state index contributed by atoms with van der Waals surface area (Å²) in [6.45, 7) is 5.90. The highest BCUT2D eigenvalue weighted by molar-refractivity contribution is 7.99. The van der Waals surface area contributed by atoms with Crippen LogP contribution in [0.2, 0.25) is 0 Å². The molecule has 0 saturated carbocycles. The molecule has 1 aromatic heterocycles. The fourth-order valence-electron chi connectivity index (χ4n) is 1.60. The van der Waals surface area contributed by atoms with Gasteiger partial charge < -0.3 is 10.2 Å². The lowest BCUT2D eigenvalue weighted by molar-refractivity contribution is 0.102. The Morgan fingerprint density at radius 3 is 2.62 bits per heavy atom. The van der Waals surface area contributed by atoms with Crippen LogP contribution in [0.4, 0.5) is 0 Å². The van der Waals surface area contributed by atoms with Crippen molar-refractivity contribution in [2.75, 3.05) is 5.75 Å². The number of benzene rings is 1. The van der Waals surface area contributed by atoms with Crippen LogP contribution in [0.5, 0.6) is 11.5 Å². The zero-order valence-corrected chi connectivity index (χ0v) is 12.8. The molecular formula is C13H16N4O3S. The van der Waals surface area contributed by atoms with E-state index in [0.717, 1.165) is 0 Å². The number of phenols is 2. The van der Waals surface area contributed by atoms with E-state index in [4.69, 9.17) is 0 Å². The minimum absolute atomic E-state index is 0.140. The van der Waals surface area contributed by atoms with E-state index in [0.29, 0.717) is 10.7 Å². The lowest BCUT2D eigenvalue weighted by Crippen LogP contribution is -2.24. The van der Waals surface area contributed by atoms with Crippen molar-refractivity contribution in [2.24, 2.45) is 0 Å². The molecule has 1 aromatic carbocycles. The molecule has 0 aliphatic rings. The zero-order valence-electron chi connectivity index (χ0n) is 11.9. The number of hydrogen-bond donors (Lipinski definition) is 2. The summed E-state index contributed by atoms with van der Waals surface area (Å²) in [6.07, 6.45) is 0. The van der Waals surface area contributed by atoms with Crippen LogP contribution in [0.15, 0.2) is 23.4 Å². The first-order chi connectivity index (χ1) is 9.79. The number of rotatable bonds is 4. The average molecular weight is 308 g/mol. The average Bonchev–Trinajstić information content (AvgIpc) is 2.87. The molecule has 0 radical (unpaired) electrons. The van der Waals surface area contributed by atoms with Crippen molar-refractivity contribution in [1.29, 1.82) is 0 Å². The first-order valence-electron chi connectivity index (χ1n) is 6.26. The van der Waals surface area contributed by atoms with Crippen LogP contribution in [0, 0.1) is 0 Å². The Morgan fingerprint density at radius 1 is 1.29 bits per heavy atom. The molecule has 8 heteroatoms. The SMILES string of the molecule is CC(C)(C)n1nnnc1SCC(=O)c1ccc(O)c(O)c1. The standard InChI is InChI=1S/C13H16N4O3S/c1-13(2,3)17-12(14-15-16-17)21-7-11(20)8-4-5-9(18)10(19)6-8/h4-6,18-19H,7H2,1-3H3. The van der Waals surface area contributed by atoms with Crippen LogP contribution < -0.4 is 0 Å². The molecular weight excluding hydrogens is 292 g/mol. The van der Waals surface area contributed by atoms with Gasteiger partial charge in [-0.25, -0.2) is 4.68 Å². The third-order valence-electron chi connectivity index (χ3n) is 2.71. The molecule has 0 unspecified atom stereocenters. The van der Waals surface area contributed by atoms with Crippen molar-refractivity contribution in [2.45, 2.75) is 31.5 Å². The fourth-order valence-corrected chi connectivity index (χ4v) is 2.55. The van der Waals surface area contributed by atoms with E-state index < -0.39 is 0 Å². The molecule has 0 aliphatic carbocycles. The van der Waals surface area contributed by atoms with Gasteiger partial charge >= 0.3 is 0 Å². The number of tetrazole rings is 1. The van der Waals surface area contributed by atoms with Gasteiger partial charge in [0.1, 0.15) is 0 Å². The smallest absolute Gasteiger partial charge is 0.210 e. The molecule has 2 rings (SSSR count). The van der Waals surface area contributed by atoms with E-state index in [9.17, 15) is 15.0 Å². The van der Waals surface area contributed by atoms with Gasteiger partial charge in [-0.15, -0.1) is 5.10 Å². The van der Waals surface area contributed by atoms with Gasteiger partial charge in [0.25, 0.3) is 0 Å². The van der Waals surface area contributed by atoms with Crippen molar-refractivity contribution in [3.8, 4) is 11.5 Å². The van der Waals surface area contributed by atoms with E-state index in [-0.39, 0.29) is 28.6 Å². The van der Waals surface area contributed by atoms with E-state index in [1.165, 1.54) is 30.0 Å². The van der Waals surface area contributed by atoms with Gasteiger partial charge in [-0.1, -0.05) is 11.8 Å². The maximum Gasteiger partial charge on any atom is 0.210 e. The predicted octanol–water partition coefficient (Wildman–Crippen LogP) is 1.81. The van der Waals surface area contributed by atoms with Crippen molar-refractivity contribution in [3.63, 3.8) is 0 Å². The normalized spacial score (nSPS) is 11.6. The molecule has 21 heavy (non-hydrogen) atoms. The second-order valence-corrected chi connectivity index (χ2v) is 6.40. The molecule has 2 aromatic rings. The van der Waals surface area contributed by atoms with E-state index in [2.05, 4.69) is 15.5 Å². The number of carbonyl (C=O) groups is 1. The maximum absolute atomic E-state index is 12.1. The largest absolute Gasteiger partial charge is 0.504 e. The maximum atomic E-state index is 12.1. The molecule has 0 fully saturated rings. The summed E-state index contributed by atoms with van der Waals surface area (Å²) in [5.74, 6) is -0.610. The number of aromatic hydroxyl groups is 2. The lowest BCUT2D eigenvalue weighted by atomic mass is 10.1. The van der Waals surface area contributed by atoms with E-state index >= 15 is 0 Å². The number of nitrogens with zero attached hydrogens (tertiary/aromatic N) is 4. The molecule has 7 nitrogen and oxygen atoms in total.